The third kappa shape index (κ3) is 1.58. The van der Waals surface area contributed by atoms with Crippen molar-refractivity contribution in [1.82, 2.24) is 0 Å². The van der Waals surface area contributed by atoms with Gasteiger partial charge in [0.15, 0.2) is 0 Å². The zero-order valence-corrected chi connectivity index (χ0v) is 7.62. The van der Waals surface area contributed by atoms with Gasteiger partial charge < -0.3 is 0 Å². The zero-order valence-electron chi connectivity index (χ0n) is 6.87. The smallest absolute Gasteiger partial charge is 0.142 e. The van der Waals surface area contributed by atoms with Crippen LogP contribution in [0.3, 0.4) is 0 Å². The summed E-state index contributed by atoms with van der Waals surface area (Å²) in [6.07, 6.45) is 0. The van der Waals surface area contributed by atoms with E-state index in [2.05, 4.69) is 0 Å². The van der Waals surface area contributed by atoms with E-state index in [1.165, 1.54) is 0 Å². The molecule has 0 unspecified atom stereocenters. The van der Waals surface area contributed by atoms with Crippen LogP contribution >= 0.6 is 11.6 Å². The van der Waals surface area contributed by atoms with E-state index in [-0.39, 0.29) is 16.5 Å². The Morgan fingerprint density at radius 3 is 2.08 bits per heavy atom. The molecule has 0 atom stereocenters. The van der Waals surface area contributed by atoms with Gasteiger partial charge in [-0.05, 0) is 18.1 Å². The molecule has 12 heavy (non-hydrogen) atoms. The third-order valence-electron chi connectivity index (χ3n) is 1.66. The Bertz CT molecular complexity index is 295. The molecule has 0 amide bonds. The minimum atomic E-state index is -0.568. The van der Waals surface area contributed by atoms with Gasteiger partial charge >= 0.3 is 0 Å². The normalized spacial score (nSPS) is 10.8. The fraction of sp³-hybridized carbons (Fsp3) is 0.333. The van der Waals surface area contributed by atoms with Crippen molar-refractivity contribution in [3.05, 3.63) is 34.4 Å². The topological polar surface area (TPSA) is 0 Å². The second-order valence-electron chi connectivity index (χ2n) is 2.91. The Balaban J connectivity index is 3.33. The van der Waals surface area contributed by atoms with Gasteiger partial charge in [-0.2, -0.15) is 0 Å². The average molecular weight is 191 g/mol. The van der Waals surface area contributed by atoms with Crippen LogP contribution in [-0.4, -0.2) is 0 Å². The molecule has 0 aliphatic heterocycles. The van der Waals surface area contributed by atoms with Crippen LogP contribution in [0.5, 0.6) is 0 Å². The largest absolute Gasteiger partial charge is 0.207 e. The van der Waals surface area contributed by atoms with Crippen molar-refractivity contribution in [2.24, 2.45) is 0 Å². The van der Waals surface area contributed by atoms with Gasteiger partial charge in [0.05, 0.1) is 5.02 Å². The summed E-state index contributed by atoms with van der Waals surface area (Å²) in [5, 5.41) is -0.106. The number of rotatable bonds is 1. The highest BCUT2D eigenvalue weighted by Gasteiger charge is 2.14. The Kier molecular flexibility index (Phi) is 2.68. The molecule has 0 N–H and O–H groups in total. The molecule has 0 heterocycles. The lowest BCUT2D eigenvalue weighted by atomic mass is 10.0. The molecule has 3 heteroatoms. The van der Waals surface area contributed by atoms with Crippen LogP contribution in [0.4, 0.5) is 8.78 Å². The Labute approximate surface area is 75.2 Å². The van der Waals surface area contributed by atoms with Crippen LogP contribution in [0.25, 0.3) is 0 Å². The monoisotopic (exact) mass is 190 g/mol. The van der Waals surface area contributed by atoms with Gasteiger partial charge in [-0.3, -0.25) is 0 Å². The van der Waals surface area contributed by atoms with Crippen LogP contribution in [0.1, 0.15) is 25.3 Å². The maximum atomic E-state index is 13.0. The maximum Gasteiger partial charge on any atom is 0.142 e. The molecule has 0 saturated heterocycles. The lowest BCUT2D eigenvalue weighted by Gasteiger charge is -2.09. The van der Waals surface area contributed by atoms with Crippen LogP contribution in [0.2, 0.25) is 5.02 Å². The molecule has 1 aromatic rings. The first-order valence-corrected chi connectivity index (χ1v) is 4.05. The lowest BCUT2D eigenvalue weighted by Crippen LogP contribution is -1.96. The number of benzene rings is 1. The summed E-state index contributed by atoms with van der Waals surface area (Å²) in [5.74, 6) is -1.12. The molecule has 0 aliphatic carbocycles. The van der Waals surface area contributed by atoms with Crippen molar-refractivity contribution in [3.63, 3.8) is 0 Å². The summed E-state index contributed by atoms with van der Waals surface area (Å²) in [7, 11) is 0. The zero-order chi connectivity index (χ0) is 9.30. The van der Waals surface area contributed by atoms with Gasteiger partial charge in [-0.25, -0.2) is 8.78 Å². The fourth-order valence-electron chi connectivity index (χ4n) is 1.07. The van der Waals surface area contributed by atoms with Crippen LogP contribution in [0, 0.1) is 11.6 Å². The molecule has 0 radical (unpaired) electrons. The highest BCUT2D eigenvalue weighted by atomic mass is 35.5. The SMILES string of the molecule is CC(C)c1c(F)ccc(F)c1Cl. The van der Waals surface area contributed by atoms with Crippen molar-refractivity contribution in [1.29, 1.82) is 0 Å². The first-order valence-electron chi connectivity index (χ1n) is 3.67. The first kappa shape index (κ1) is 9.46. The molecule has 1 aromatic carbocycles. The molecule has 0 aromatic heterocycles. The molecule has 0 saturated carbocycles. The van der Waals surface area contributed by atoms with Gasteiger partial charge in [-0.15, -0.1) is 0 Å². The molecule has 1 rings (SSSR count). The highest BCUT2D eigenvalue weighted by Crippen LogP contribution is 2.28. The van der Waals surface area contributed by atoms with E-state index in [0.29, 0.717) is 0 Å². The second-order valence-corrected chi connectivity index (χ2v) is 3.29. The van der Waals surface area contributed by atoms with Crippen molar-refractivity contribution in [2.45, 2.75) is 19.8 Å². The predicted molar refractivity (Wildman–Crippen MR) is 45.5 cm³/mol. The van der Waals surface area contributed by atoms with Gasteiger partial charge in [0.2, 0.25) is 0 Å². The van der Waals surface area contributed by atoms with Gasteiger partial charge in [0.25, 0.3) is 0 Å². The Morgan fingerprint density at radius 2 is 1.67 bits per heavy atom. The number of hydrogen-bond donors (Lipinski definition) is 0. The molecular formula is C9H9ClF2. The number of halogens is 3. The minimum absolute atomic E-state index is 0.104. The van der Waals surface area contributed by atoms with Crippen molar-refractivity contribution in [2.75, 3.05) is 0 Å². The van der Waals surface area contributed by atoms with Crippen molar-refractivity contribution < 1.29 is 8.78 Å². The molecule has 66 valence electrons. The van der Waals surface area contributed by atoms with E-state index in [1.807, 2.05) is 0 Å². The molecule has 0 spiro atoms. The summed E-state index contributed by atoms with van der Waals surface area (Å²) < 4.78 is 25.9. The van der Waals surface area contributed by atoms with Crippen LogP contribution < -0.4 is 0 Å². The third-order valence-corrected chi connectivity index (χ3v) is 2.04. The Hall–Kier alpha value is -0.630. The first-order chi connectivity index (χ1) is 5.54. The fourth-order valence-corrected chi connectivity index (χ4v) is 1.44. The lowest BCUT2D eigenvalue weighted by molar-refractivity contribution is 0.576. The summed E-state index contributed by atoms with van der Waals surface area (Å²) >= 11 is 5.58. The van der Waals surface area contributed by atoms with E-state index >= 15 is 0 Å². The van der Waals surface area contributed by atoms with E-state index in [4.69, 9.17) is 11.6 Å². The quantitative estimate of drug-likeness (QED) is 0.592. The average Bonchev–Trinajstić information content (AvgIpc) is 1.97. The van der Waals surface area contributed by atoms with E-state index in [9.17, 15) is 8.78 Å². The van der Waals surface area contributed by atoms with E-state index < -0.39 is 11.6 Å². The van der Waals surface area contributed by atoms with E-state index in [0.717, 1.165) is 12.1 Å². The second kappa shape index (κ2) is 3.40. The van der Waals surface area contributed by atoms with E-state index in [1.54, 1.807) is 13.8 Å². The molecule has 0 bridgehead atoms. The summed E-state index contributed by atoms with van der Waals surface area (Å²) in [5.41, 5.74) is 0.247. The summed E-state index contributed by atoms with van der Waals surface area (Å²) in [6, 6.07) is 2.13. The Morgan fingerprint density at radius 1 is 1.17 bits per heavy atom. The van der Waals surface area contributed by atoms with Crippen molar-refractivity contribution >= 4 is 11.6 Å². The van der Waals surface area contributed by atoms with Gasteiger partial charge in [0.1, 0.15) is 11.6 Å². The van der Waals surface area contributed by atoms with Crippen molar-refractivity contribution in [3.8, 4) is 0 Å². The van der Waals surface area contributed by atoms with Gasteiger partial charge in [-0.1, -0.05) is 25.4 Å². The molecule has 0 fully saturated rings. The predicted octanol–water partition coefficient (Wildman–Crippen LogP) is 3.74. The summed E-state index contributed by atoms with van der Waals surface area (Å²) in [4.78, 5) is 0. The molecule has 0 nitrogen and oxygen atoms in total. The maximum absolute atomic E-state index is 13.0. The number of hydrogen-bond acceptors (Lipinski definition) is 0. The molecular weight excluding hydrogens is 182 g/mol. The highest BCUT2D eigenvalue weighted by molar-refractivity contribution is 6.31. The van der Waals surface area contributed by atoms with Crippen LogP contribution in [0.15, 0.2) is 12.1 Å². The minimum Gasteiger partial charge on any atom is -0.207 e. The summed E-state index contributed by atoms with van der Waals surface area (Å²) in [6.45, 7) is 3.54. The molecule has 0 aliphatic rings. The van der Waals surface area contributed by atoms with Crippen LogP contribution in [-0.2, 0) is 0 Å². The van der Waals surface area contributed by atoms with Gasteiger partial charge in [0, 0.05) is 5.56 Å². The standard InChI is InChI=1S/C9H9ClF2/c1-5(2)8-6(11)3-4-7(12)9(8)10/h3-5H,1-2H3.